The fraction of sp³-hybridized carbons (Fsp3) is 0.0606. The van der Waals surface area contributed by atoms with Crippen LogP contribution in [0.25, 0.3) is 51.0 Å². The van der Waals surface area contributed by atoms with Crippen molar-refractivity contribution in [3.8, 4) is 27.9 Å². The zero-order valence-corrected chi connectivity index (χ0v) is 38.9. The summed E-state index contributed by atoms with van der Waals surface area (Å²) >= 11 is 0. The molecular formula is C66H52N4. The maximum absolute atomic E-state index is 3.67. The van der Waals surface area contributed by atoms with E-state index < -0.39 is 0 Å². The molecule has 0 radical (unpaired) electrons. The van der Waals surface area contributed by atoms with Crippen LogP contribution in [-0.2, 0) is 6.42 Å². The van der Waals surface area contributed by atoms with Gasteiger partial charge in [0, 0.05) is 74.3 Å². The molecule has 0 amide bonds. The quantitative estimate of drug-likeness (QED) is 0.124. The van der Waals surface area contributed by atoms with Crippen molar-refractivity contribution in [1.82, 2.24) is 4.57 Å². The molecule has 1 N–H and O–H groups in total. The Morgan fingerprint density at radius 2 is 1.27 bits per heavy atom. The third kappa shape index (κ3) is 8.31. The molecule has 2 aliphatic carbocycles. The third-order valence-corrected chi connectivity index (χ3v) is 13.8. The summed E-state index contributed by atoms with van der Waals surface area (Å²) in [4.78, 5) is 4.87. The van der Waals surface area contributed by atoms with Crippen LogP contribution in [-0.4, -0.2) is 4.57 Å². The molecule has 0 spiro atoms. The Hall–Kier alpha value is -8.86. The average molecular weight is 901 g/mol. The van der Waals surface area contributed by atoms with E-state index in [-0.39, 0.29) is 5.92 Å². The Kier molecular flexibility index (Phi) is 11.6. The summed E-state index contributed by atoms with van der Waals surface area (Å²) in [5, 5.41) is 4.93. The molecule has 336 valence electrons. The molecule has 1 unspecified atom stereocenters. The number of rotatable bonds is 12. The fourth-order valence-corrected chi connectivity index (χ4v) is 10.5. The lowest BCUT2D eigenvalue weighted by atomic mass is 9.90. The van der Waals surface area contributed by atoms with E-state index in [0.717, 1.165) is 47.6 Å². The van der Waals surface area contributed by atoms with Crippen LogP contribution >= 0.6 is 0 Å². The smallest absolute Gasteiger partial charge is 0.0539 e. The average Bonchev–Trinajstić information content (AvgIpc) is 3.94. The number of nitrogens with zero attached hydrogens (tertiary/aromatic N) is 3. The van der Waals surface area contributed by atoms with Crippen molar-refractivity contribution in [2.45, 2.75) is 25.2 Å². The predicted octanol–water partition coefficient (Wildman–Crippen LogP) is 17.7. The van der Waals surface area contributed by atoms with Crippen LogP contribution in [0, 0.1) is 0 Å². The van der Waals surface area contributed by atoms with Gasteiger partial charge in [-0.25, -0.2) is 0 Å². The number of benzene rings is 8. The zero-order chi connectivity index (χ0) is 46.6. The largest absolute Gasteiger partial charge is 0.362 e. The van der Waals surface area contributed by atoms with E-state index in [4.69, 9.17) is 0 Å². The second-order valence-corrected chi connectivity index (χ2v) is 18.1. The summed E-state index contributed by atoms with van der Waals surface area (Å²) in [5.41, 5.74) is 20.3. The van der Waals surface area contributed by atoms with E-state index in [2.05, 4.69) is 275 Å². The molecule has 3 aliphatic rings. The van der Waals surface area contributed by atoms with Gasteiger partial charge in [-0.1, -0.05) is 164 Å². The third-order valence-electron chi connectivity index (χ3n) is 13.8. The number of allylic oxidation sites excluding steroid dienone is 9. The molecule has 0 saturated heterocycles. The molecule has 70 heavy (non-hydrogen) atoms. The Bertz CT molecular complexity index is 3520. The van der Waals surface area contributed by atoms with Crippen molar-refractivity contribution >= 4 is 57.2 Å². The van der Waals surface area contributed by atoms with E-state index in [0.29, 0.717) is 0 Å². The molecule has 8 aromatic carbocycles. The van der Waals surface area contributed by atoms with Gasteiger partial charge < -0.3 is 19.7 Å². The van der Waals surface area contributed by atoms with E-state index in [1.54, 1.807) is 0 Å². The van der Waals surface area contributed by atoms with Crippen LogP contribution < -0.4 is 15.1 Å². The first-order valence-corrected chi connectivity index (χ1v) is 24.4. The molecule has 4 heteroatoms. The first-order chi connectivity index (χ1) is 34.7. The number of para-hydroxylation sites is 2. The number of hydrogen-bond acceptors (Lipinski definition) is 3. The van der Waals surface area contributed by atoms with Crippen LogP contribution in [0.5, 0.6) is 0 Å². The summed E-state index contributed by atoms with van der Waals surface area (Å²) in [6.07, 6.45) is 26.9. The molecule has 0 bridgehead atoms. The first kappa shape index (κ1) is 42.5. The monoisotopic (exact) mass is 900 g/mol. The van der Waals surface area contributed by atoms with Gasteiger partial charge >= 0.3 is 0 Å². The summed E-state index contributed by atoms with van der Waals surface area (Å²) in [7, 11) is 0. The Balaban J connectivity index is 0.957. The van der Waals surface area contributed by atoms with Crippen LogP contribution in [0.4, 0.5) is 34.1 Å². The van der Waals surface area contributed by atoms with E-state index in [9.17, 15) is 0 Å². The minimum absolute atomic E-state index is 0.260. The van der Waals surface area contributed by atoms with Crippen molar-refractivity contribution in [3.05, 3.63) is 283 Å². The van der Waals surface area contributed by atoms with E-state index in [1.807, 2.05) is 12.3 Å². The minimum atomic E-state index is 0.260. The molecule has 4 nitrogen and oxygen atoms in total. The van der Waals surface area contributed by atoms with Crippen LogP contribution in [0.2, 0.25) is 0 Å². The van der Waals surface area contributed by atoms with E-state index >= 15 is 0 Å². The fourth-order valence-electron chi connectivity index (χ4n) is 10.5. The summed E-state index contributed by atoms with van der Waals surface area (Å²) in [5.74, 6) is 0.260. The normalized spacial score (nSPS) is 14.9. The highest BCUT2D eigenvalue weighted by atomic mass is 15.2. The zero-order valence-electron chi connectivity index (χ0n) is 38.9. The molecule has 1 aliphatic heterocycles. The van der Waals surface area contributed by atoms with Gasteiger partial charge in [0.05, 0.1) is 5.52 Å². The molecule has 9 aromatic rings. The molecule has 1 aromatic heterocycles. The van der Waals surface area contributed by atoms with E-state index in [1.165, 1.54) is 72.7 Å². The van der Waals surface area contributed by atoms with Gasteiger partial charge in [0.2, 0.25) is 0 Å². The Morgan fingerprint density at radius 1 is 0.543 bits per heavy atom. The van der Waals surface area contributed by atoms with Crippen molar-refractivity contribution in [1.29, 1.82) is 0 Å². The van der Waals surface area contributed by atoms with Gasteiger partial charge in [-0.05, 0) is 150 Å². The molecule has 0 saturated carbocycles. The second kappa shape index (κ2) is 19.0. The van der Waals surface area contributed by atoms with Crippen LogP contribution in [0.1, 0.15) is 41.1 Å². The maximum Gasteiger partial charge on any atom is 0.0539 e. The lowest BCUT2D eigenvalue weighted by molar-refractivity contribution is 0.820. The van der Waals surface area contributed by atoms with Crippen LogP contribution in [0.3, 0.4) is 0 Å². The Morgan fingerprint density at radius 3 is 2.09 bits per heavy atom. The SMILES string of the molecule is C1=CCC2C(=C1)N(c1ccc(-c3ccccc3)cc1)c1ccc(-c3cc(N/C=C/C=C\C=C/c4ccccc4)cc(N(c4ccccc4)c4ccc5c(c4)c4c(n5-c5ccccc5)CCC=C4)c3)cc12. The van der Waals surface area contributed by atoms with Gasteiger partial charge in [-0.3, -0.25) is 0 Å². The van der Waals surface area contributed by atoms with Crippen LogP contribution in [0.15, 0.2) is 261 Å². The summed E-state index contributed by atoms with van der Waals surface area (Å²) in [6.45, 7) is 0. The van der Waals surface area contributed by atoms with Gasteiger partial charge in [-0.2, -0.15) is 0 Å². The van der Waals surface area contributed by atoms with Gasteiger partial charge in [-0.15, -0.1) is 0 Å². The van der Waals surface area contributed by atoms with Crippen molar-refractivity contribution in [2.24, 2.45) is 0 Å². The highest BCUT2D eigenvalue weighted by molar-refractivity contribution is 5.97. The second-order valence-electron chi connectivity index (χ2n) is 18.1. The predicted molar refractivity (Wildman–Crippen MR) is 297 cm³/mol. The molecule has 12 rings (SSSR count). The highest BCUT2D eigenvalue weighted by Crippen LogP contribution is 2.52. The molecule has 0 fully saturated rings. The lowest BCUT2D eigenvalue weighted by Gasteiger charge is -2.27. The number of nitrogens with one attached hydrogen (secondary N) is 1. The van der Waals surface area contributed by atoms with Gasteiger partial charge in [0.1, 0.15) is 0 Å². The number of aromatic nitrogens is 1. The number of anilines is 6. The van der Waals surface area contributed by atoms with Gasteiger partial charge in [0.25, 0.3) is 0 Å². The molecule has 2 heterocycles. The number of hydrogen-bond donors (Lipinski definition) is 1. The maximum atomic E-state index is 3.67. The minimum Gasteiger partial charge on any atom is -0.362 e. The van der Waals surface area contributed by atoms with Gasteiger partial charge in [0.15, 0.2) is 0 Å². The topological polar surface area (TPSA) is 23.4 Å². The standard InChI is InChI=1S/C66H52N4/c1(7-21-48-22-8-3-9-23-48)2-20-42-67-53-43-52(51-36-40-65-61(45-51)59-30-16-18-32-63(59)70(65)56-37-34-50(35-38-56)49-24-10-4-11-25-49)44-58(46-53)68(54-26-12-5-13-27-54)57-39-41-66-62(47-57)60-31-17-19-33-64(60)69(66)55-28-14-6-15-29-55/h1-18,20-29,31-32,34-47,59,67H,19,30,33H2/b2-1-,21-7-,42-20+. The summed E-state index contributed by atoms with van der Waals surface area (Å²) < 4.78 is 2.46. The van der Waals surface area contributed by atoms with Crippen molar-refractivity contribution in [3.63, 3.8) is 0 Å². The van der Waals surface area contributed by atoms with Crippen molar-refractivity contribution in [2.75, 3.05) is 15.1 Å². The summed E-state index contributed by atoms with van der Waals surface area (Å²) in [6, 6.07) is 72.6. The molecule has 1 atom stereocenters. The lowest BCUT2D eigenvalue weighted by Crippen LogP contribution is -2.14. The Labute approximate surface area is 411 Å². The molecular weight excluding hydrogens is 849 g/mol. The number of fused-ring (bicyclic) bond motifs is 6. The van der Waals surface area contributed by atoms with Crippen molar-refractivity contribution < 1.29 is 0 Å². The highest BCUT2D eigenvalue weighted by Gasteiger charge is 2.35. The first-order valence-electron chi connectivity index (χ1n) is 24.4.